The van der Waals surface area contributed by atoms with Gasteiger partial charge >= 0.3 is 0 Å². The Bertz CT molecular complexity index is 356. The molecule has 2 fully saturated rings. The fraction of sp³-hybridized carbons (Fsp3) is 0.533. The molecular formula is C15H21NO2. The Hall–Kier alpha value is -1.35. The van der Waals surface area contributed by atoms with Gasteiger partial charge in [-0.25, -0.2) is 0 Å². The Morgan fingerprint density at radius 2 is 1.94 bits per heavy atom. The topological polar surface area (TPSA) is 29.5 Å². The van der Waals surface area contributed by atoms with E-state index in [9.17, 15) is 4.79 Å². The second-order valence-electron chi connectivity index (χ2n) is 4.99. The molecule has 1 aliphatic carbocycles. The molecule has 1 aromatic rings. The summed E-state index contributed by atoms with van der Waals surface area (Å²) in [5, 5.41) is 0. The molecule has 3 heteroatoms. The average molecular weight is 247 g/mol. The van der Waals surface area contributed by atoms with Crippen molar-refractivity contribution < 1.29 is 9.53 Å². The first kappa shape index (κ1) is 13.1. The minimum absolute atomic E-state index is 0.431. The van der Waals surface area contributed by atoms with Gasteiger partial charge in [-0.2, -0.15) is 0 Å². The summed E-state index contributed by atoms with van der Waals surface area (Å²) < 4.78 is 4.15. The molecule has 1 aliphatic heterocycles. The van der Waals surface area contributed by atoms with Crippen molar-refractivity contribution in [2.75, 3.05) is 19.7 Å². The zero-order valence-electron chi connectivity index (χ0n) is 10.9. The van der Waals surface area contributed by atoms with Crippen LogP contribution < -0.4 is 0 Å². The van der Waals surface area contributed by atoms with Gasteiger partial charge in [0.15, 0.2) is 0 Å². The highest BCUT2D eigenvalue weighted by Crippen LogP contribution is 2.45. The molecule has 1 aromatic carbocycles. The van der Waals surface area contributed by atoms with Gasteiger partial charge in [-0.15, -0.1) is 0 Å². The molecule has 0 spiro atoms. The van der Waals surface area contributed by atoms with E-state index in [1.807, 2.05) is 0 Å². The predicted molar refractivity (Wildman–Crippen MR) is 71.0 cm³/mol. The number of hydrogen-bond acceptors (Lipinski definition) is 3. The van der Waals surface area contributed by atoms with Crippen molar-refractivity contribution in [1.82, 2.24) is 4.90 Å². The number of hydrogen-bond donors (Lipinski definition) is 0. The lowest BCUT2D eigenvalue weighted by Gasteiger charge is -2.16. The number of ether oxygens (including phenoxy) is 1. The van der Waals surface area contributed by atoms with Crippen LogP contribution in [0.25, 0.3) is 0 Å². The smallest absolute Gasteiger partial charge is 0.293 e. The zero-order chi connectivity index (χ0) is 12.8. The van der Waals surface area contributed by atoms with Crippen LogP contribution in [0.3, 0.4) is 0 Å². The van der Waals surface area contributed by atoms with Gasteiger partial charge in [0.25, 0.3) is 6.47 Å². The van der Waals surface area contributed by atoms with Crippen LogP contribution in [0.1, 0.15) is 18.9 Å². The lowest BCUT2D eigenvalue weighted by Crippen LogP contribution is -2.21. The second kappa shape index (κ2) is 6.55. The minimum atomic E-state index is 0.431. The van der Waals surface area contributed by atoms with Crippen LogP contribution in [0.2, 0.25) is 0 Å². The van der Waals surface area contributed by atoms with Gasteiger partial charge in [0, 0.05) is 19.6 Å². The SMILES string of the molecule is CCOC=O.c1ccc(CN2CC3CC3C2)cc1. The van der Waals surface area contributed by atoms with Gasteiger partial charge in [0.1, 0.15) is 0 Å². The molecule has 0 N–H and O–H groups in total. The number of nitrogens with zero attached hydrogens (tertiary/aromatic N) is 1. The number of fused-ring (bicyclic) bond motifs is 1. The quantitative estimate of drug-likeness (QED) is 0.765. The van der Waals surface area contributed by atoms with E-state index in [0.717, 1.165) is 18.4 Å². The molecule has 3 rings (SSSR count). The lowest BCUT2D eigenvalue weighted by molar-refractivity contribution is -0.128. The van der Waals surface area contributed by atoms with Crippen LogP contribution in [0.15, 0.2) is 30.3 Å². The van der Waals surface area contributed by atoms with Crippen LogP contribution in [-0.4, -0.2) is 31.1 Å². The van der Waals surface area contributed by atoms with Crippen molar-refractivity contribution >= 4 is 6.47 Å². The first-order chi connectivity index (χ1) is 8.83. The number of rotatable bonds is 4. The Morgan fingerprint density at radius 1 is 1.28 bits per heavy atom. The molecule has 0 amide bonds. The normalized spacial score (nSPS) is 24.7. The molecule has 0 bridgehead atoms. The highest BCUT2D eigenvalue weighted by atomic mass is 16.5. The molecule has 98 valence electrons. The highest BCUT2D eigenvalue weighted by Gasteiger charge is 2.44. The second-order valence-corrected chi connectivity index (χ2v) is 4.99. The largest absolute Gasteiger partial charge is 0.468 e. The van der Waals surface area contributed by atoms with Crippen molar-refractivity contribution in [3.8, 4) is 0 Å². The summed E-state index contributed by atoms with van der Waals surface area (Å²) in [4.78, 5) is 11.8. The van der Waals surface area contributed by atoms with E-state index in [1.54, 1.807) is 6.92 Å². The van der Waals surface area contributed by atoms with E-state index in [-0.39, 0.29) is 0 Å². The van der Waals surface area contributed by atoms with Crippen LogP contribution in [0, 0.1) is 11.8 Å². The maximum absolute atomic E-state index is 9.18. The number of carbonyl (C=O) groups is 1. The molecule has 2 atom stereocenters. The Labute approximate surface area is 109 Å². The van der Waals surface area contributed by atoms with Crippen LogP contribution >= 0.6 is 0 Å². The van der Waals surface area contributed by atoms with Crippen molar-refractivity contribution in [1.29, 1.82) is 0 Å². The lowest BCUT2D eigenvalue weighted by atomic mass is 10.2. The van der Waals surface area contributed by atoms with Crippen LogP contribution in [0.5, 0.6) is 0 Å². The van der Waals surface area contributed by atoms with E-state index in [4.69, 9.17) is 0 Å². The molecule has 1 heterocycles. The molecule has 0 aromatic heterocycles. The molecule has 1 saturated heterocycles. The Balaban J connectivity index is 0.000000209. The van der Waals surface area contributed by atoms with E-state index in [1.165, 1.54) is 25.1 Å². The van der Waals surface area contributed by atoms with E-state index in [2.05, 4.69) is 40.0 Å². The van der Waals surface area contributed by atoms with Crippen LogP contribution in [0.4, 0.5) is 0 Å². The minimum Gasteiger partial charge on any atom is -0.468 e. The maximum atomic E-state index is 9.18. The monoisotopic (exact) mass is 247 g/mol. The summed E-state index contributed by atoms with van der Waals surface area (Å²) in [6, 6.07) is 10.8. The number of carbonyl (C=O) groups excluding carboxylic acids is 1. The Morgan fingerprint density at radius 3 is 2.44 bits per heavy atom. The fourth-order valence-electron chi connectivity index (χ4n) is 2.53. The predicted octanol–water partition coefficient (Wildman–Crippen LogP) is 2.32. The molecule has 2 unspecified atom stereocenters. The Kier molecular flexibility index (Phi) is 4.76. The molecule has 0 radical (unpaired) electrons. The first-order valence-corrected chi connectivity index (χ1v) is 6.65. The fourth-order valence-corrected chi connectivity index (χ4v) is 2.53. The van der Waals surface area contributed by atoms with Gasteiger partial charge in [-0.1, -0.05) is 30.3 Å². The van der Waals surface area contributed by atoms with Crippen LogP contribution in [-0.2, 0) is 16.1 Å². The summed E-state index contributed by atoms with van der Waals surface area (Å²) in [7, 11) is 0. The molecule has 3 nitrogen and oxygen atoms in total. The summed E-state index contributed by atoms with van der Waals surface area (Å²) in [6.07, 6.45) is 1.51. The standard InChI is InChI=1S/C12H15N.C3H6O2/c1-2-4-10(5-3-1)7-13-8-11-6-12(11)9-13;1-2-5-3-4/h1-5,11-12H,6-9H2;3H,2H2,1H3. The van der Waals surface area contributed by atoms with Gasteiger partial charge in [-0.3, -0.25) is 9.69 Å². The molecule has 18 heavy (non-hydrogen) atoms. The molecule has 1 saturated carbocycles. The summed E-state index contributed by atoms with van der Waals surface area (Å²) in [5.74, 6) is 2.12. The van der Waals surface area contributed by atoms with Gasteiger partial charge in [0.2, 0.25) is 0 Å². The number of benzene rings is 1. The molecule has 2 aliphatic rings. The van der Waals surface area contributed by atoms with Crippen molar-refractivity contribution in [2.45, 2.75) is 19.9 Å². The first-order valence-electron chi connectivity index (χ1n) is 6.65. The summed E-state index contributed by atoms with van der Waals surface area (Å²) in [5.41, 5.74) is 1.46. The third kappa shape index (κ3) is 3.84. The zero-order valence-corrected chi connectivity index (χ0v) is 10.9. The summed E-state index contributed by atoms with van der Waals surface area (Å²) in [6.45, 7) is 6.52. The van der Waals surface area contributed by atoms with E-state index < -0.39 is 0 Å². The molecular weight excluding hydrogens is 226 g/mol. The van der Waals surface area contributed by atoms with Gasteiger partial charge in [0.05, 0.1) is 6.61 Å². The average Bonchev–Trinajstić information content (AvgIpc) is 3.00. The van der Waals surface area contributed by atoms with Crippen molar-refractivity contribution in [2.24, 2.45) is 11.8 Å². The van der Waals surface area contributed by atoms with E-state index >= 15 is 0 Å². The number of likely N-dealkylation sites (tertiary alicyclic amines) is 1. The van der Waals surface area contributed by atoms with Crippen molar-refractivity contribution in [3.05, 3.63) is 35.9 Å². The maximum Gasteiger partial charge on any atom is 0.293 e. The van der Waals surface area contributed by atoms with Gasteiger partial charge < -0.3 is 4.74 Å². The van der Waals surface area contributed by atoms with E-state index in [0.29, 0.717) is 13.1 Å². The highest BCUT2D eigenvalue weighted by molar-refractivity contribution is 5.36. The third-order valence-corrected chi connectivity index (χ3v) is 3.54. The summed E-state index contributed by atoms with van der Waals surface area (Å²) >= 11 is 0. The third-order valence-electron chi connectivity index (χ3n) is 3.54. The number of piperidine rings is 1. The van der Waals surface area contributed by atoms with Gasteiger partial charge in [-0.05, 0) is 30.7 Å². The van der Waals surface area contributed by atoms with Crippen molar-refractivity contribution in [3.63, 3.8) is 0 Å².